The van der Waals surface area contributed by atoms with Gasteiger partial charge in [0.1, 0.15) is 0 Å². The number of carbonyl (C=O) groups is 1. The van der Waals surface area contributed by atoms with Crippen LogP contribution in [0.5, 0.6) is 11.5 Å². The fourth-order valence-corrected chi connectivity index (χ4v) is 2.98. The number of rotatable bonds is 5. The van der Waals surface area contributed by atoms with E-state index in [-0.39, 0.29) is 12.3 Å². The molecule has 1 heterocycles. The third-order valence-corrected chi connectivity index (χ3v) is 4.83. The molecule has 0 bridgehead atoms. The van der Waals surface area contributed by atoms with Crippen molar-refractivity contribution in [3.63, 3.8) is 0 Å². The van der Waals surface area contributed by atoms with Gasteiger partial charge in [-0.25, -0.2) is 0 Å². The van der Waals surface area contributed by atoms with Crippen LogP contribution in [0.15, 0.2) is 41.4 Å². The summed E-state index contributed by atoms with van der Waals surface area (Å²) in [6, 6.07) is 11.1. The van der Waals surface area contributed by atoms with Crippen LogP contribution in [0.2, 0.25) is 5.02 Å². The van der Waals surface area contributed by atoms with Gasteiger partial charge in [0.15, 0.2) is 17.5 Å². The fraction of sp³-hybridized carbons (Fsp3) is 0.333. The van der Waals surface area contributed by atoms with E-state index in [1.165, 1.54) is 0 Å². The number of nitrogens with zero attached hydrogens (tertiary/aromatic N) is 1. The Morgan fingerprint density at radius 2 is 1.93 bits per heavy atom. The standard InChI is InChI=1S/C21H25ClN4O3/c1-14-16(22)5-3-6-17(14)26-20(27)9-10-24-21(23-2)25-15-7-8-18-19(13-15)29-12-4-11-28-18/h3,5-8,13H,4,9-12H2,1-2H3,(H,26,27)(H2,23,24,25). The van der Waals surface area contributed by atoms with Crippen LogP contribution in [0, 0.1) is 6.92 Å². The van der Waals surface area contributed by atoms with E-state index >= 15 is 0 Å². The van der Waals surface area contributed by atoms with Crippen molar-refractivity contribution in [2.45, 2.75) is 19.8 Å². The zero-order chi connectivity index (χ0) is 20.6. The quantitative estimate of drug-likeness (QED) is 0.509. The van der Waals surface area contributed by atoms with E-state index in [4.69, 9.17) is 21.1 Å². The molecule has 1 aliphatic heterocycles. The molecule has 0 aliphatic carbocycles. The van der Waals surface area contributed by atoms with Crippen LogP contribution < -0.4 is 25.4 Å². The van der Waals surface area contributed by atoms with Crippen LogP contribution in [-0.2, 0) is 4.79 Å². The molecule has 0 unspecified atom stereocenters. The lowest BCUT2D eigenvalue weighted by molar-refractivity contribution is -0.116. The van der Waals surface area contributed by atoms with Crippen molar-refractivity contribution in [1.29, 1.82) is 0 Å². The number of aliphatic imine (C=N–C) groups is 1. The largest absolute Gasteiger partial charge is 0.490 e. The van der Waals surface area contributed by atoms with Gasteiger partial charge >= 0.3 is 0 Å². The second-order valence-corrected chi connectivity index (χ2v) is 6.95. The number of guanidine groups is 1. The lowest BCUT2D eigenvalue weighted by Gasteiger charge is -2.14. The van der Waals surface area contributed by atoms with Gasteiger partial charge in [0, 0.05) is 48.9 Å². The normalized spacial score (nSPS) is 13.4. The molecule has 0 atom stereocenters. The highest BCUT2D eigenvalue weighted by molar-refractivity contribution is 6.31. The molecule has 2 aromatic rings. The molecule has 3 N–H and O–H groups in total. The maximum Gasteiger partial charge on any atom is 0.226 e. The van der Waals surface area contributed by atoms with Crippen molar-refractivity contribution in [3.8, 4) is 11.5 Å². The first-order valence-electron chi connectivity index (χ1n) is 9.49. The van der Waals surface area contributed by atoms with Crippen molar-refractivity contribution >= 4 is 34.8 Å². The van der Waals surface area contributed by atoms with E-state index in [0.717, 1.165) is 29.1 Å². The molecule has 7 nitrogen and oxygen atoms in total. The third-order valence-electron chi connectivity index (χ3n) is 4.42. The summed E-state index contributed by atoms with van der Waals surface area (Å²) in [4.78, 5) is 16.4. The van der Waals surface area contributed by atoms with Gasteiger partial charge in [0.2, 0.25) is 5.91 Å². The summed E-state index contributed by atoms with van der Waals surface area (Å²) in [5.74, 6) is 1.91. The molecule has 1 amide bonds. The zero-order valence-electron chi connectivity index (χ0n) is 16.5. The Balaban J connectivity index is 1.50. The topological polar surface area (TPSA) is 84.0 Å². The van der Waals surface area contributed by atoms with Crippen LogP contribution >= 0.6 is 11.6 Å². The summed E-state index contributed by atoms with van der Waals surface area (Å²) in [6.45, 7) is 3.58. The maximum atomic E-state index is 12.2. The van der Waals surface area contributed by atoms with Crippen LogP contribution in [0.4, 0.5) is 11.4 Å². The lowest BCUT2D eigenvalue weighted by atomic mass is 10.2. The van der Waals surface area contributed by atoms with Crippen LogP contribution in [0.1, 0.15) is 18.4 Å². The SMILES string of the molecule is CN=C(NCCC(=O)Nc1cccc(Cl)c1C)Nc1ccc2c(c1)OCCCO2. The molecule has 29 heavy (non-hydrogen) atoms. The summed E-state index contributed by atoms with van der Waals surface area (Å²) in [5.41, 5.74) is 2.39. The second kappa shape index (κ2) is 10.0. The van der Waals surface area contributed by atoms with Crippen molar-refractivity contribution in [1.82, 2.24) is 5.32 Å². The van der Waals surface area contributed by atoms with Gasteiger partial charge in [-0.3, -0.25) is 9.79 Å². The highest BCUT2D eigenvalue weighted by atomic mass is 35.5. The monoisotopic (exact) mass is 416 g/mol. The van der Waals surface area contributed by atoms with Gasteiger partial charge in [0.05, 0.1) is 13.2 Å². The number of hydrogen-bond donors (Lipinski definition) is 3. The Kier molecular flexibility index (Phi) is 7.19. The number of carbonyl (C=O) groups excluding carboxylic acids is 1. The van der Waals surface area contributed by atoms with Crippen molar-refractivity contribution < 1.29 is 14.3 Å². The molecule has 0 saturated carbocycles. The first-order chi connectivity index (χ1) is 14.1. The summed E-state index contributed by atoms with van der Waals surface area (Å²) in [7, 11) is 1.67. The molecule has 2 aromatic carbocycles. The average Bonchev–Trinajstić information content (AvgIpc) is 2.95. The number of benzene rings is 2. The van der Waals surface area contributed by atoms with Crippen molar-refractivity contribution in [2.24, 2.45) is 4.99 Å². The zero-order valence-corrected chi connectivity index (χ0v) is 17.3. The molecular weight excluding hydrogens is 392 g/mol. The first-order valence-corrected chi connectivity index (χ1v) is 9.87. The molecule has 154 valence electrons. The van der Waals surface area contributed by atoms with Gasteiger partial charge < -0.3 is 25.4 Å². The number of hydrogen-bond acceptors (Lipinski definition) is 4. The van der Waals surface area contributed by atoms with Gasteiger partial charge in [-0.05, 0) is 36.8 Å². The number of nitrogens with one attached hydrogen (secondary N) is 3. The molecule has 8 heteroatoms. The number of ether oxygens (including phenoxy) is 2. The molecule has 1 aliphatic rings. The lowest BCUT2D eigenvalue weighted by Crippen LogP contribution is -2.33. The number of fused-ring (bicyclic) bond motifs is 1. The molecule has 0 aromatic heterocycles. The highest BCUT2D eigenvalue weighted by Crippen LogP contribution is 2.32. The Hall–Kier alpha value is -2.93. The summed E-state index contributed by atoms with van der Waals surface area (Å²) in [6.07, 6.45) is 1.14. The molecule has 0 spiro atoms. The van der Waals surface area contributed by atoms with E-state index in [9.17, 15) is 4.79 Å². The van der Waals surface area contributed by atoms with E-state index in [1.54, 1.807) is 13.1 Å². The van der Waals surface area contributed by atoms with E-state index in [1.807, 2.05) is 37.3 Å². The van der Waals surface area contributed by atoms with Gasteiger partial charge in [-0.2, -0.15) is 0 Å². The maximum absolute atomic E-state index is 12.2. The predicted molar refractivity (Wildman–Crippen MR) is 116 cm³/mol. The molecule has 0 radical (unpaired) electrons. The smallest absolute Gasteiger partial charge is 0.226 e. The summed E-state index contributed by atoms with van der Waals surface area (Å²) >= 11 is 6.09. The van der Waals surface area contributed by atoms with Gasteiger partial charge in [0.25, 0.3) is 0 Å². The second-order valence-electron chi connectivity index (χ2n) is 6.55. The van der Waals surface area contributed by atoms with E-state index in [2.05, 4.69) is 20.9 Å². The number of amides is 1. The van der Waals surface area contributed by atoms with Crippen LogP contribution in [-0.4, -0.2) is 38.7 Å². The Labute approximate surface area is 175 Å². The Morgan fingerprint density at radius 3 is 2.72 bits per heavy atom. The number of halogens is 1. The minimum atomic E-state index is -0.103. The Bertz CT molecular complexity index is 901. The molecular formula is C21H25ClN4O3. The predicted octanol–water partition coefficient (Wildman–Crippen LogP) is 3.83. The summed E-state index contributed by atoms with van der Waals surface area (Å²) < 4.78 is 11.3. The van der Waals surface area contributed by atoms with Gasteiger partial charge in [-0.15, -0.1) is 0 Å². The first kappa shape index (κ1) is 20.8. The Morgan fingerprint density at radius 1 is 1.14 bits per heavy atom. The fourth-order valence-electron chi connectivity index (χ4n) is 2.81. The minimum Gasteiger partial charge on any atom is -0.490 e. The molecule has 0 saturated heterocycles. The molecule has 0 fully saturated rings. The van der Waals surface area contributed by atoms with Crippen molar-refractivity contribution in [3.05, 3.63) is 47.0 Å². The van der Waals surface area contributed by atoms with Crippen LogP contribution in [0.3, 0.4) is 0 Å². The third kappa shape index (κ3) is 5.77. The number of anilines is 2. The van der Waals surface area contributed by atoms with Crippen LogP contribution in [0.25, 0.3) is 0 Å². The average molecular weight is 417 g/mol. The van der Waals surface area contributed by atoms with Crippen molar-refractivity contribution in [2.75, 3.05) is 37.4 Å². The molecule has 3 rings (SSSR count). The van der Waals surface area contributed by atoms with E-state index in [0.29, 0.717) is 36.5 Å². The highest BCUT2D eigenvalue weighted by Gasteiger charge is 2.12. The minimum absolute atomic E-state index is 0.103. The van der Waals surface area contributed by atoms with E-state index < -0.39 is 0 Å². The van der Waals surface area contributed by atoms with Gasteiger partial charge in [-0.1, -0.05) is 17.7 Å². The summed E-state index contributed by atoms with van der Waals surface area (Å²) in [5, 5.41) is 9.83.